The van der Waals surface area contributed by atoms with Crippen molar-refractivity contribution in [3.05, 3.63) is 58.5 Å². The summed E-state index contributed by atoms with van der Waals surface area (Å²) in [6.07, 6.45) is 5.17. The maximum absolute atomic E-state index is 13.9. The number of aromatic nitrogens is 4. The van der Waals surface area contributed by atoms with Gasteiger partial charge in [-0.2, -0.15) is 25.0 Å². The summed E-state index contributed by atoms with van der Waals surface area (Å²) in [5, 5.41) is 14.5. The number of ether oxygens (including phenoxy) is 1. The molecule has 3 aromatic rings. The van der Waals surface area contributed by atoms with Gasteiger partial charge in [-0.3, -0.25) is 9.59 Å². The first-order valence-electron chi connectivity index (χ1n) is 13.6. The number of aryl methyl sites for hydroxylation is 1. The van der Waals surface area contributed by atoms with E-state index in [1.165, 1.54) is 10.8 Å². The highest BCUT2D eigenvalue weighted by Crippen LogP contribution is 2.28. The number of nitriles is 1. The summed E-state index contributed by atoms with van der Waals surface area (Å²) < 4.78 is 7.48. The number of hydrogen-bond acceptors (Lipinski definition) is 9. The topological polar surface area (TPSA) is 120 Å². The minimum absolute atomic E-state index is 0.125. The van der Waals surface area contributed by atoms with Gasteiger partial charge in [-0.15, -0.1) is 0 Å². The maximum Gasteiger partial charge on any atom is 0.319 e. The second kappa shape index (κ2) is 11.4. The minimum Gasteiger partial charge on any atom is -0.462 e. The molecule has 11 heteroatoms. The van der Waals surface area contributed by atoms with Crippen molar-refractivity contribution >= 4 is 22.6 Å². The van der Waals surface area contributed by atoms with Crippen LogP contribution in [0.5, 0.6) is 6.01 Å². The van der Waals surface area contributed by atoms with Crippen LogP contribution in [0.25, 0.3) is 16.6 Å². The lowest BCUT2D eigenvalue weighted by atomic mass is 10.1. The third kappa shape index (κ3) is 5.14. The summed E-state index contributed by atoms with van der Waals surface area (Å²) >= 11 is 0. The van der Waals surface area contributed by atoms with Gasteiger partial charge < -0.3 is 19.4 Å². The van der Waals surface area contributed by atoms with Crippen LogP contribution in [-0.2, 0) is 4.79 Å². The molecule has 0 unspecified atom stereocenters. The van der Waals surface area contributed by atoms with Crippen molar-refractivity contribution < 1.29 is 9.53 Å². The predicted molar refractivity (Wildman–Crippen MR) is 152 cm³/mol. The zero-order chi connectivity index (χ0) is 28.4. The number of nitrogens with zero attached hydrogens (tertiary/aromatic N) is 8. The number of fused-ring (bicyclic) bond motifs is 1. The summed E-state index contributed by atoms with van der Waals surface area (Å²) in [6.45, 7) is 10.2. The van der Waals surface area contributed by atoms with E-state index in [-0.39, 0.29) is 41.5 Å². The highest BCUT2D eigenvalue weighted by atomic mass is 16.5. The smallest absolute Gasteiger partial charge is 0.319 e. The van der Waals surface area contributed by atoms with Crippen LogP contribution in [0.15, 0.2) is 41.8 Å². The molecule has 0 saturated carbocycles. The SMILES string of the molecule is C=CC(=O)N1CCN(c2nc(OC[C@@H]3CCCN3C)nc3c(=O)n(-c4cccc(C)c4C)ncc23)C[C@@H]1CC#N. The first-order valence-corrected chi connectivity index (χ1v) is 13.6. The largest absolute Gasteiger partial charge is 0.462 e. The molecule has 0 spiro atoms. The van der Waals surface area contributed by atoms with E-state index in [1.807, 2.05) is 36.9 Å². The second-order valence-corrected chi connectivity index (χ2v) is 10.5. The Balaban J connectivity index is 1.59. The molecule has 2 aliphatic rings. The van der Waals surface area contributed by atoms with Gasteiger partial charge in [-0.05, 0) is 63.6 Å². The number of piperazine rings is 1. The Morgan fingerprint density at radius 3 is 2.77 bits per heavy atom. The van der Waals surface area contributed by atoms with Crippen molar-refractivity contribution in [2.75, 3.05) is 44.7 Å². The fraction of sp³-hybridized carbons (Fsp3) is 0.448. The molecule has 40 heavy (non-hydrogen) atoms. The third-order valence-electron chi connectivity index (χ3n) is 8.05. The molecule has 1 aromatic carbocycles. The van der Waals surface area contributed by atoms with Gasteiger partial charge >= 0.3 is 6.01 Å². The van der Waals surface area contributed by atoms with E-state index in [1.54, 1.807) is 11.1 Å². The van der Waals surface area contributed by atoms with Gasteiger partial charge in [0.15, 0.2) is 0 Å². The number of carbonyl (C=O) groups excluding carboxylic acids is 1. The van der Waals surface area contributed by atoms with Gasteiger partial charge in [-0.1, -0.05) is 18.7 Å². The average Bonchev–Trinajstić information content (AvgIpc) is 3.38. The molecule has 1 amide bonds. The Morgan fingerprint density at radius 1 is 1.23 bits per heavy atom. The van der Waals surface area contributed by atoms with Crippen molar-refractivity contribution in [3.63, 3.8) is 0 Å². The molecule has 2 saturated heterocycles. The molecule has 5 rings (SSSR count). The van der Waals surface area contributed by atoms with E-state index in [9.17, 15) is 14.9 Å². The van der Waals surface area contributed by atoms with E-state index < -0.39 is 0 Å². The average molecular weight is 543 g/mol. The van der Waals surface area contributed by atoms with E-state index >= 15 is 0 Å². The van der Waals surface area contributed by atoms with E-state index in [2.05, 4.69) is 34.7 Å². The molecule has 0 radical (unpaired) electrons. The maximum atomic E-state index is 13.9. The van der Waals surface area contributed by atoms with Crippen molar-refractivity contribution in [1.29, 1.82) is 5.26 Å². The number of anilines is 1. The van der Waals surface area contributed by atoms with Crippen LogP contribution < -0.4 is 15.2 Å². The van der Waals surface area contributed by atoms with Gasteiger partial charge in [0.05, 0.1) is 35.8 Å². The Hall–Kier alpha value is -4.30. The number of rotatable bonds is 7. The van der Waals surface area contributed by atoms with Gasteiger partial charge in [0, 0.05) is 25.7 Å². The molecular weight excluding hydrogens is 508 g/mol. The quantitative estimate of drug-likeness (QED) is 0.414. The summed E-state index contributed by atoms with van der Waals surface area (Å²) in [4.78, 5) is 41.5. The summed E-state index contributed by atoms with van der Waals surface area (Å²) in [5.41, 5.74) is 2.53. The number of amides is 1. The van der Waals surface area contributed by atoms with Crippen LogP contribution in [0, 0.1) is 25.2 Å². The van der Waals surface area contributed by atoms with E-state index in [0.717, 1.165) is 30.5 Å². The minimum atomic E-state index is -0.369. The fourth-order valence-electron chi connectivity index (χ4n) is 5.53. The lowest BCUT2D eigenvalue weighted by Crippen LogP contribution is -2.55. The van der Waals surface area contributed by atoms with Gasteiger partial charge in [0.2, 0.25) is 5.91 Å². The van der Waals surface area contributed by atoms with Crippen molar-refractivity contribution in [2.24, 2.45) is 0 Å². The molecule has 11 nitrogen and oxygen atoms in total. The van der Waals surface area contributed by atoms with E-state index in [0.29, 0.717) is 43.1 Å². The van der Waals surface area contributed by atoms with Crippen LogP contribution in [0.4, 0.5) is 5.82 Å². The Bertz CT molecular complexity index is 1540. The van der Waals surface area contributed by atoms with Gasteiger partial charge in [-0.25, -0.2) is 0 Å². The Kier molecular flexibility index (Phi) is 7.80. The highest BCUT2D eigenvalue weighted by molar-refractivity contribution is 5.90. The molecule has 0 aliphatic carbocycles. The Morgan fingerprint density at radius 2 is 2.05 bits per heavy atom. The lowest BCUT2D eigenvalue weighted by molar-refractivity contribution is -0.128. The van der Waals surface area contributed by atoms with Crippen LogP contribution >= 0.6 is 0 Å². The number of hydrogen-bond donors (Lipinski definition) is 0. The van der Waals surface area contributed by atoms with Crippen molar-refractivity contribution in [2.45, 2.75) is 45.2 Å². The normalized spacial score (nSPS) is 19.6. The third-order valence-corrected chi connectivity index (χ3v) is 8.05. The summed E-state index contributed by atoms with van der Waals surface area (Å²) in [5.74, 6) is 0.293. The molecule has 4 heterocycles. The van der Waals surface area contributed by atoms with Gasteiger partial charge in [0.1, 0.15) is 17.9 Å². The molecule has 208 valence electrons. The lowest BCUT2D eigenvalue weighted by Gasteiger charge is -2.41. The van der Waals surface area contributed by atoms with E-state index in [4.69, 9.17) is 9.72 Å². The first-order chi connectivity index (χ1) is 19.3. The Labute approximate surface area is 233 Å². The van der Waals surface area contributed by atoms with Crippen LogP contribution in [0.3, 0.4) is 0 Å². The van der Waals surface area contributed by atoms with Crippen LogP contribution in [-0.4, -0.2) is 87.4 Å². The molecule has 2 aliphatic heterocycles. The standard InChI is InChI=1S/C29H34N8O3/c1-5-25(38)36-15-14-35(17-21(36)11-12-30)27-23-16-31-37(24-10-6-8-19(2)20(24)3)28(39)26(23)32-29(33-27)40-18-22-9-7-13-34(22)4/h5-6,8,10,16,21-22H,1,7,9,11,13-15,17-18H2,2-4H3/t21-,22-/m0/s1. The predicted octanol–water partition coefficient (Wildman–Crippen LogP) is 2.38. The van der Waals surface area contributed by atoms with Crippen molar-refractivity contribution in [3.8, 4) is 17.8 Å². The molecule has 0 bridgehead atoms. The molecule has 2 atom stereocenters. The fourth-order valence-corrected chi connectivity index (χ4v) is 5.53. The molecule has 2 fully saturated rings. The number of likely N-dealkylation sites (tertiary alicyclic amines) is 1. The molecule has 2 aromatic heterocycles. The number of carbonyl (C=O) groups is 1. The summed E-state index contributed by atoms with van der Waals surface area (Å²) in [7, 11) is 2.07. The highest BCUT2D eigenvalue weighted by Gasteiger charge is 2.32. The number of benzene rings is 1. The zero-order valence-electron chi connectivity index (χ0n) is 23.2. The first kappa shape index (κ1) is 27.3. The zero-order valence-corrected chi connectivity index (χ0v) is 23.2. The van der Waals surface area contributed by atoms with Gasteiger partial charge in [0.25, 0.3) is 5.56 Å². The molecule has 0 N–H and O–H groups in total. The van der Waals surface area contributed by atoms with Crippen molar-refractivity contribution in [1.82, 2.24) is 29.5 Å². The summed E-state index contributed by atoms with van der Waals surface area (Å²) in [6, 6.07) is 7.96. The second-order valence-electron chi connectivity index (χ2n) is 10.5. The monoisotopic (exact) mass is 542 g/mol. The van der Waals surface area contributed by atoms with Crippen LogP contribution in [0.2, 0.25) is 0 Å². The number of likely N-dealkylation sites (N-methyl/N-ethyl adjacent to an activating group) is 1. The molecular formula is C29H34N8O3. The van der Waals surface area contributed by atoms with Crippen LogP contribution in [0.1, 0.15) is 30.4 Å².